The number of carboxylic acid groups (broad SMARTS) is 1. The lowest BCUT2D eigenvalue weighted by atomic mass is 10.0. The molecule has 194 valence electrons. The Morgan fingerprint density at radius 1 is 0.625 bits per heavy atom. The van der Waals surface area contributed by atoms with E-state index in [4.69, 9.17) is 30.6 Å². The van der Waals surface area contributed by atoms with Gasteiger partial charge in [-0.25, -0.2) is 4.79 Å². The van der Waals surface area contributed by atoms with Crippen LogP contribution in [0.25, 0.3) is 0 Å². The van der Waals surface area contributed by atoms with Crippen LogP contribution in [0.2, 0.25) is 0 Å². The number of carbonyl (C=O) groups is 1. The van der Waals surface area contributed by atoms with Gasteiger partial charge in [0.05, 0.1) is 19.8 Å². The van der Waals surface area contributed by atoms with Gasteiger partial charge in [-0.05, 0) is 6.42 Å². The largest absolute Gasteiger partial charge is 0.477 e. The predicted molar refractivity (Wildman–Crippen MR) is 127 cm³/mol. The summed E-state index contributed by atoms with van der Waals surface area (Å²) >= 11 is 0. The summed E-state index contributed by atoms with van der Waals surface area (Å²) < 4.78 is 0. The lowest BCUT2D eigenvalue weighted by Gasteiger charge is -2.17. The number of aliphatic hydroxyl groups is 5. The van der Waals surface area contributed by atoms with Gasteiger partial charge in [-0.3, -0.25) is 4.90 Å². The van der Waals surface area contributed by atoms with Crippen molar-refractivity contribution in [2.24, 2.45) is 0 Å². The van der Waals surface area contributed by atoms with Crippen LogP contribution in [0.5, 0.6) is 0 Å². The van der Waals surface area contributed by atoms with Gasteiger partial charge in [-0.15, -0.1) is 0 Å². The first-order chi connectivity index (χ1) is 15.4. The SMILES string of the molecule is CCCCCCCCCCCCCCCCC(O)(O)C(=O)O.OCCN(CCO)CCO. The molecule has 0 spiro atoms. The first kappa shape index (κ1) is 33.4. The van der Waals surface area contributed by atoms with Crippen molar-refractivity contribution in [2.45, 2.75) is 109 Å². The maximum Gasteiger partial charge on any atom is 0.364 e. The van der Waals surface area contributed by atoms with E-state index in [9.17, 15) is 4.79 Å². The molecule has 6 N–H and O–H groups in total. The molecule has 0 aromatic heterocycles. The molecule has 8 nitrogen and oxygen atoms in total. The van der Waals surface area contributed by atoms with Crippen molar-refractivity contribution >= 4 is 5.97 Å². The number of aliphatic hydroxyl groups excluding tert-OH is 3. The zero-order chi connectivity index (χ0) is 24.5. The summed E-state index contributed by atoms with van der Waals surface area (Å²) in [6.07, 6.45) is 17.0. The maximum atomic E-state index is 10.5. The van der Waals surface area contributed by atoms with E-state index in [1.54, 1.807) is 4.90 Å². The van der Waals surface area contributed by atoms with Gasteiger partial charge in [0.25, 0.3) is 5.79 Å². The van der Waals surface area contributed by atoms with Crippen molar-refractivity contribution < 1.29 is 35.4 Å². The monoisotopic (exact) mass is 465 g/mol. The molecule has 0 aliphatic heterocycles. The first-order valence-electron chi connectivity index (χ1n) is 12.6. The van der Waals surface area contributed by atoms with Crippen molar-refractivity contribution in [1.82, 2.24) is 4.90 Å². The third-order valence-corrected chi connectivity index (χ3v) is 5.47. The summed E-state index contributed by atoms with van der Waals surface area (Å²) in [4.78, 5) is 12.3. The molecule has 32 heavy (non-hydrogen) atoms. The van der Waals surface area contributed by atoms with Gasteiger partial charge in [0.1, 0.15) is 0 Å². The Labute approximate surface area is 195 Å². The Hall–Kier alpha value is -0.770. The van der Waals surface area contributed by atoms with Crippen LogP contribution in [0.15, 0.2) is 0 Å². The van der Waals surface area contributed by atoms with Crippen molar-refractivity contribution in [3.05, 3.63) is 0 Å². The maximum absolute atomic E-state index is 10.5. The van der Waals surface area contributed by atoms with E-state index in [2.05, 4.69) is 6.92 Å². The summed E-state index contributed by atoms with van der Waals surface area (Å²) in [5, 5.41) is 52.3. The third kappa shape index (κ3) is 23.9. The minimum Gasteiger partial charge on any atom is -0.477 e. The lowest BCUT2D eigenvalue weighted by molar-refractivity contribution is -0.205. The third-order valence-electron chi connectivity index (χ3n) is 5.47. The summed E-state index contributed by atoms with van der Waals surface area (Å²) in [6.45, 7) is 4.00. The molecule has 0 aliphatic carbocycles. The Kier molecular flexibility index (Phi) is 26.0. The van der Waals surface area contributed by atoms with Crippen LogP contribution in [0.4, 0.5) is 0 Å². The van der Waals surface area contributed by atoms with Crippen LogP contribution in [0.3, 0.4) is 0 Å². The number of nitrogens with zero attached hydrogens (tertiary/aromatic N) is 1. The topological polar surface area (TPSA) is 142 Å². The zero-order valence-electron chi connectivity index (χ0n) is 20.4. The van der Waals surface area contributed by atoms with Crippen LogP contribution in [0.1, 0.15) is 103 Å². The second kappa shape index (κ2) is 24.9. The zero-order valence-corrected chi connectivity index (χ0v) is 20.4. The fourth-order valence-electron chi connectivity index (χ4n) is 3.43. The quantitative estimate of drug-likeness (QED) is 0.106. The number of carboxylic acids is 1. The Bertz CT molecular complexity index is 380. The Morgan fingerprint density at radius 2 is 0.938 bits per heavy atom. The number of hydrogen-bond acceptors (Lipinski definition) is 7. The molecule has 0 atom stereocenters. The normalized spacial score (nSPS) is 11.5. The van der Waals surface area contributed by atoms with E-state index in [0.29, 0.717) is 26.1 Å². The summed E-state index contributed by atoms with van der Waals surface area (Å²) in [5.74, 6) is -4.10. The minimum atomic E-state index is -2.54. The molecule has 0 unspecified atom stereocenters. The first-order valence-corrected chi connectivity index (χ1v) is 12.6. The molecule has 0 saturated carbocycles. The molecule has 8 heteroatoms. The number of unbranched alkanes of at least 4 members (excludes halogenated alkanes) is 13. The van der Waals surface area contributed by atoms with Gasteiger partial charge >= 0.3 is 5.97 Å². The molecule has 0 bridgehead atoms. The summed E-state index contributed by atoms with van der Waals surface area (Å²) in [6, 6.07) is 0. The van der Waals surface area contributed by atoms with Gasteiger partial charge in [0.15, 0.2) is 0 Å². The highest BCUT2D eigenvalue weighted by Gasteiger charge is 2.31. The molecular weight excluding hydrogens is 414 g/mol. The fraction of sp³-hybridized carbons (Fsp3) is 0.958. The molecule has 0 aromatic carbocycles. The Morgan fingerprint density at radius 3 is 1.22 bits per heavy atom. The Balaban J connectivity index is 0. The van der Waals surface area contributed by atoms with Crippen LogP contribution < -0.4 is 0 Å². The highest BCUT2D eigenvalue weighted by Crippen LogP contribution is 2.16. The predicted octanol–water partition coefficient (Wildman–Crippen LogP) is 2.89. The molecule has 0 radical (unpaired) electrons. The lowest BCUT2D eigenvalue weighted by Crippen LogP contribution is -2.37. The van der Waals surface area contributed by atoms with E-state index in [0.717, 1.165) is 19.3 Å². The molecular formula is C24H51NO7. The van der Waals surface area contributed by atoms with Gasteiger partial charge in [-0.1, -0.05) is 90.4 Å². The minimum absolute atomic E-state index is 0.0694. The van der Waals surface area contributed by atoms with Gasteiger partial charge in [0, 0.05) is 26.1 Å². The second-order valence-corrected chi connectivity index (χ2v) is 8.48. The average Bonchev–Trinajstić information content (AvgIpc) is 2.75. The fourth-order valence-corrected chi connectivity index (χ4v) is 3.43. The summed E-state index contributed by atoms with van der Waals surface area (Å²) in [7, 11) is 0. The van der Waals surface area contributed by atoms with Crippen molar-refractivity contribution in [1.29, 1.82) is 0 Å². The molecule has 0 amide bonds. The number of rotatable bonds is 22. The smallest absolute Gasteiger partial charge is 0.364 e. The number of hydrogen-bond donors (Lipinski definition) is 6. The van der Waals surface area contributed by atoms with E-state index < -0.39 is 11.8 Å². The number of aliphatic carboxylic acids is 1. The van der Waals surface area contributed by atoms with Crippen molar-refractivity contribution in [3.63, 3.8) is 0 Å². The van der Waals surface area contributed by atoms with E-state index in [1.807, 2.05) is 0 Å². The van der Waals surface area contributed by atoms with Crippen molar-refractivity contribution in [3.8, 4) is 0 Å². The molecule has 0 heterocycles. The van der Waals surface area contributed by atoms with Crippen LogP contribution in [-0.4, -0.2) is 86.8 Å². The van der Waals surface area contributed by atoms with Crippen LogP contribution in [0, 0.1) is 0 Å². The van der Waals surface area contributed by atoms with E-state index in [-0.39, 0.29) is 26.2 Å². The average molecular weight is 466 g/mol. The van der Waals surface area contributed by atoms with Crippen LogP contribution in [-0.2, 0) is 4.79 Å². The molecule has 0 saturated heterocycles. The molecule has 0 aromatic rings. The van der Waals surface area contributed by atoms with E-state index in [1.165, 1.54) is 64.2 Å². The van der Waals surface area contributed by atoms with Gasteiger partial charge in [-0.2, -0.15) is 0 Å². The summed E-state index contributed by atoms with van der Waals surface area (Å²) in [5.41, 5.74) is 0. The van der Waals surface area contributed by atoms with Crippen LogP contribution >= 0.6 is 0 Å². The standard InChI is InChI=1S/C18H36O4.C6H15NO3/c1-2-3-4-5-6-7-8-9-10-11-12-13-14-15-16-18(21,22)17(19)20;8-4-1-7(2-5-9)3-6-10/h21-22H,2-16H2,1H3,(H,19,20);8-10H,1-6H2. The molecule has 0 fully saturated rings. The highest BCUT2D eigenvalue weighted by atomic mass is 16.5. The van der Waals surface area contributed by atoms with Gasteiger partial charge < -0.3 is 30.6 Å². The van der Waals surface area contributed by atoms with Crippen molar-refractivity contribution in [2.75, 3.05) is 39.5 Å². The van der Waals surface area contributed by atoms with Gasteiger partial charge in [0.2, 0.25) is 0 Å². The molecule has 0 aliphatic rings. The molecule has 0 rings (SSSR count). The van der Waals surface area contributed by atoms with E-state index >= 15 is 0 Å². The highest BCUT2D eigenvalue weighted by molar-refractivity contribution is 5.74. The second-order valence-electron chi connectivity index (χ2n) is 8.48.